The van der Waals surface area contributed by atoms with Gasteiger partial charge in [0.15, 0.2) is 5.82 Å². The summed E-state index contributed by atoms with van der Waals surface area (Å²) in [5.41, 5.74) is 5.45. The van der Waals surface area contributed by atoms with E-state index in [-0.39, 0.29) is 11.9 Å². The van der Waals surface area contributed by atoms with E-state index in [1.165, 1.54) is 16.8 Å². The first-order valence-electron chi connectivity index (χ1n) is 11.5. The second-order valence-electron chi connectivity index (χ2n) is 9.06. The SMILES string of the molecule is CC1=Nc2ccnn2C(c2ccc(Cl)c(Cl)c2)C1C(=O)N1CCN(c2ccc(C)c(C)c2)CC1. The van der Waals surface area contributed by atoms with Crippen LogP contribution in [0, 0.1) is 19.8 Å². The topological polar surface area (TPSA) is 53.7 Å². The summed E-state index contributed by atoms with van der Waals surface area (Å²) in [5.74, 6) is 0.341. The Bertz CT molecular complexity index is 1280. The Kier molecular flexibility index (Phi) is 6.13. The number of anilines is 1. The van der Waals surface area contributed by atoms with Gasteiger partial charge in [-0.3, -0.25) is 4.79 Å². The monoisotopic (exact) mass is 495 g/mol. The fourth-order valence-electron chi connectivity index (χ4n) is 4.88. The van der Waals surface area contributed by atoms with Crippen molar-refractivity contribution in [3.8, 4) is 0 Å². The molecule has 176 valence electrons. The number of amides is 1. The first-order valence-corrected chi connectivity index (χ1v) is 12.2. The minimum Gasteiger partial charge on any atom is -0.368 e. The summed E-state index contributed by atoms with van der Waals surface area (Å²) >= 11 is 12.5. The van der Waals surface area contributed by atoms with Crippen molar-refractivity contribution in [2.75, 3.05) is 31.1 Å². The average Bonchev–Trinajstić information content (AvgIpc) is 3.29. The highest BCUT2D eigenvalue weighted by Gasteiger charge is 2.41. The quantitative estimate of drug-likeness (QED) is 0.484. The highest BCUT2D eigenvalue weighted by molar-refractivity contribution is 6.42. The van der Waals surface area contributed by atoms with Crippen LogP contribution < -0.4 is 4.90 Å². The van der Waals surface area contributed by atoms with Crippen molar-refractivity contribution in [1.29, 1.82) is 0 Å². The summed E-state index contributed by atoms with van der Waals surface area (Å²) < 4.78 is 1.82. The first-order chi connectivity index (χ1) is 16.3. The number of carbonyl (C=O) groups excluding carboxylic acids is 1. The maximum absolute atomic E-state index is 13.9. The van der Waals surface area contributed by atoms with Crippen LogP contribution in [0.25, 0.3) is 0 Å². The van der Waals surface area contributed by atoms with Crippen molar-refractivity contribution in [1.82, 2.24) is 14.7 Å². The van der Waals surface area contributed by atoms with E-state index in [9.17, 15) is 4.79 Å². The van der Waals surface area contributed by atoms with Crippen molar-refractivity contribution >= 4 is 46.3 Å². The minimum atomic E-state index is -0.460. The second-order valence-corrected chi connectivity index (χ2v) is 9.88. The minimum absolute atomic E-state index is 0.0678. The summed E-state index contributed by atoms with van der Waals surface area (Å²) in [4.78, 5) is 22.9. The van der Waals surface area contributed by atoms with Crippen LogP contribution in [0.2, 0.25) is 10.0 Å². The normalized spacial score (nSPS) is 20.2. The fraction of sp³-hybridized carbons (Fsp3) is 0.346. The molecular formula is C26H27Cl2N5O. The maximum atomic E-state index is 13.9. The van der Waals surface area contributed by atoms with Crippen LogP contribution in [0.4, 0.5) is 11.5 Å². The van der Waals surface area contributed by atoms with Gasteiger partial charge < -0.3 is 9.80 Å². The van der Waals surface area contributed by atoms with Crippen LogP contribution in [0.3, 0.4) is 0 Å². The third-order valence-corrected chi connectivity index (χ3v) is 7.71. The predicted octanol–water partition coefficient (Wildman–Crippen LogP) is 5.47. The van der Waals surface area contributed by atoms with Gasteiger partial charge >= 0.3 is 0 Å². The van der Waals surface area contributed by atoms with Crippen LogP contribution in [-0.2, 0) is 4.79 Å². The average molecular weight is 496 g/mol. The lowest BCUT2D eigenvalue weighted by molar-refractivity contribution is -0.134. The molecule has 2 unspecified atom stereocenters. The predicted molar refractivity (Wildman–Crippen MR) is 138 cm³/mol. The summed E-state index contributed by atoms with van der Waals surface area (Å²) in [6.45, 7) is 9.10. The van der Waals surface area contributed by atoms with Crippen LogP contribution in [-0.4, -0.2) is 52.5 Å². The molecule has 2 aromatic carbocycles. The van der Waals surface area contributed by atoms with Crippen LogP contribution in [0.1, 0.15) is 29.7 Å². The molecular weight excluding hydrogens is 469 g/mol. The molecule has 3 heterocycles. The lowest BCUT2D eigenvalue weighted by atomic mass is 9.87. The van der Waals surface area contributed by atoms with Crippen molar-refractivity contribution in [2.45, 2.75) is 26.8 Å². The number of aryl methyl sites for hydroxylation is 2. The van der Waals surface area contributed by atoms with Crippen molar-refractivity contribution in [3.05, 3.63) is 75.4 Å². The molecule has 8 heteroatoms. The summed E-state index contributed by atoms with van der Waals surface area (Å²) in [6, 6.07) is 13.6. The van der Waals surface area contributed by atoms with Gasteiger partial charge in [0.2, 0.25) is 5.91 Å². The fourth-order valence-corrected chi connectivity index (χ4v) is 5.18. The van der Waals surface area contributed by atoms with E-state index < -0.39 is 5.92 Å². The van der Waals surface area contributed by atoms with Crippen molar-refractivity contribution in [3.63, 3.8) is 0 Å². The van der Waals surface area contributed by atoms with E-state index in [0.29, 0.717) is 23.1 Å². The number of carbonyl (C=O) groups is 1. The van der Waals surface area contributed by atoms with Crippen molar-refractivity contribution in [2.24, 2.45) is 10.9 Å². The van der Waals surface area contributed by atoms with E-state index in [0.717, 1.165) is 30.2 Å². The molecule has 3 aromatic rings. The third kappa shape index (κ3) is 4.10. The molecule has 1 saturated heterocycles. The number of piperazine rings is 1. The van der Waals surface area contributed by atoms with E-state index in [1.807, 2.05) is 34.7 Å². The van der Waals surface area contributed by atoms with Gasteiger partial charge in [0, 0.05) is 43.6 Å². The Morgan fingerprint density at radius 1 is 0.912 bits per heavy atom. The zero-order chi connectivity index (χ0) is 24.0. The van der Waals surface area contributed by atoms with Gasteiger partial charge in [-0.05, 0) is 61.7 Å². The second kappa shape index (κ2) is 9.08. The molecule has 1 amide bonds. The highest BCUT2D eigenvalue weighted by Crippen LogP contribution is 2.39. The molecule has 1 aromatic heterocycles. The standard InChI is InChI=1S/C26H27Cl2N5O/c1-16-4-6-20(14-17(16)2)31-10-12-32(13-11-31)26(34)24-18(3)30-23-8-9-29-33(23)25(24)19-5-7-21(27)22(28)15-19/h4-9,14-15,24-25H,10-13H2,1-3H3. The van der Waals surface area contributed by atoms with Crippen molar-refractivity contribution < 1.29 is 4.79 Å². The number of nitrogens with zero attached hydrogens (tertiary/aromatic N) is 5. The maximum Gasteiger partial charge on any atom is 0.234 e. The highest BCUT2D eigenvalue weighted by atomic mass is 35.5. The Morgan fingerprint density at radius 3 is 2.38 bits per heavy atom. The Balaban J connectivity index is 1.40. The smallest absolute Gasteiger partial charge is 0.234 e. The van der Waals surface area contributed by atoms with Gasteiger partial charge in [-0.15, -0.1) is 0 Å². The van der Waals surface area contributed by atoms with Gasteiger partial charge in [-0.2, -0.15) is 5.10 Å². The largest absolute Gasteiger partial charge is 0.368 e. The number of rotatable bonds is 3. The molecule has 6 nitrogen and oxygen atoms in total. The number of aliphatic imine (C=N–C) groups is 1. The molecule has 2 aliphatic rings. The summed E-state index contributed by atoms with van der Waals surface area (Å²) in [7, 11) is 0. The van der Waals surface area contributed by atoms with Gasteiger partial charge in [-0.25, -0.2) is 9.67 Å². The van der Waals surface area contributed by atoms with Crippen LogP contribution in [0.15, 0.2) is 53.7 Å². The number of benzene rings is 2. The van der Waals surface area contributed by atoms with Gasteiger partial charge in [0.1, 0.15) is 5.92 Å². The molecule has 2 atom stereocenters. The number of fused-ring (bicyclic) bond motifs is 1. The molecule has 5 rings (SSSR count). The molecule has 0 N–H and O–H groups in total. The van der Waals surface area contributed by atoms with E-state index in [2.05, 4.69) is 42.0 Å². The van der Waals surface area contributed by atoms with Crippen LogP contribution >= 0.6 is 23.2 Å². The summed E-state index contributed by atoms with van der Waals surface area (Å²) in [5, 5.41) is 5.44. The molecule has 1 fully saturated rings. The first kappa shape index (κ1) is 22.9. The molecule has 0 radical (unpaired) electrons. The Morgan fingerprint density at radius 2 is 1.68 bits per heavy atom. The lowest BCUT2D eigenvalue weighted by Gasteiger charge is -2.40. The van der Waals surface area contributed by atoms with Gasteiger partial charge in [-0.1, -0.05) is 35.3 Å². The molecule has 0 bridgehead atoms. The van der Waals surface area contributed by atoms with Gasteiger partial charge in [0.05, 0.1) is 22.3 Å². The Hall–Kier alpha value is -2.83. The van der Waals surface area contributed by atoms with Gasteiger partial charge in [0.25, 0.3) is 0 Å². The summed E-state index contributed by atoms with van der Waals surface area (Å²) in [6.07, 6.45) is 1.71. The lowest BCUT2D eigenvalue weighted by Crippen LogP contribution is -2.53. The number of hydrogen-bond donors (Lipinski definition) is 0. The van der Waals surface area contributed by atoms with E-state index in [4.69, 9.17) is 28.2 Å². The number of aromatic nitrogens is 2. The zero-order valence-electron chi connectivity index (χ0n) is 19.5. The molecule has 0 spiro atoms. The molecule has 0 saturated carbocycles. The zero-order valence-corrected chi connectivity index (χ0v) is 21.0. The van der Waals surface area contributed by atoms with Crippen LogP contribution in [0.5, 0.6) is 0 Å². The third-order valence-electron chi connectivity index (χ3n) is 6.97. The number of halogens is 2. The molecule has 34 heavy (non-hydrogen) atoms. The molecule has 0 aliphatic carbocycles. The van der Waals surface area contributed by atoms with E-state index in [1.54, 1.807) is 12.3 Å². The number of hydrogen-bond acceptors (Lipinski definition) is 4. The Labute approximate surface area is 209 Å². The van der Waals surface area contributed by atoms with E-state index >= 15 is 0 Å². The molecule has 2 aliphatic heterocycles.